The molecular formula is C15H13ClN4O2. The molecule has 0 fully saturated rings. The van der Waals surface area contributed by atoms with Crippen LogP contribution < -0.4 is 11.2 Å². The zero-order valence-electron chi connectivity index (χ0n) is 12.0. The van der Waals surface area contributed by atoms with Crippen molar-refractivity contribution in [2.75, 3.05) is 0 Å². The van der Waals surface area contributed by atoms with Gasteiger partial charge in [-0.15, -0.1) is 0 Å². The van der Waals surface area contributed by atoms with Gasteiger partial charge in [0.1, 0.15) is 0 Å². The van der Waals surface area contributed by atoms with Crippen LogP contribution in [-0.4, -0.2) is 18.7 Å². The Balaban J connectivity index is 2.27. The van der Waals surface area contributed by atoms with E-state index in [-0.39, 0.29) is 16.4 Å². The first-order valence-electron chi connectivity index (χ1n) is 6.57. The third kappa shape index (κ3) is 2.17. The van der Waals surface area contributed by atoms with E-state index < -0.39 is 11.2 Å². The highest BCUT2D eigenvalue weighted by atomic mass is 35.5. The molecular weight excluding hydrogens is 304 g/mol. The molecule has 112 valence electrons. The number of imidazole rings is 1. The van der Waals surface area contributed by atoms with E-state index in [2.05, 4.69) is 4.98 Å². The molecule has 22 heavy (non-hydrogen) atoms. The van der Waals surface area contributed by atoms with Gasteiger partial charge in [-0.2, -0.15) is 4.98 Å². The average Bonchev–Trinajstić information content (AvgIpc) is 2.86. The molecule has 1 aromatic carbocycles. The Morgan fingerprint density at radius 2 is 1.77 bits per heavy atom. The zero-order chi connectivity index (χ0) is 15.9. The summed E-state index contributed by atoms with van der Waals surface area (Å²) in [5, 5.41) is 0.125. The van der Waals surface area contributed by atoms with Gasteiger partial charge in [-0.05, 0) is 23.2 Å². The van der Waals surface area contributed by atoms with Crippen molar-refractivity contribution < 1.29 is 0 Å². The van der Waals surface area contributed by atoms with Gasteiger partial charge in [0, 0.05) is 20.3 Å². The maximum atomic E-state index is 12.3. The van der Waals surface area contributed by atoms with E-state index in [0.717, 1.165) is 10.1 Å². The Hall–Kier alpha value is -2.60. The molecule has 0 saturated carbocycles. The molecule has 2 heterocycles. The number of hydrogen-bond acceptors (Lipinski definition) is 3. The van der Waals surface area contributed by atoms with Crippen molar-refractivity contribution in [2.45, 2.75) is 0 Å². The molecule has 7 heteroatoms. The maximum absolute atomic E-state index is 12.3. The number of hydrogen-bond donors (Lipinski definition) is 0. The number of aryl methyl sites for hydroxylation is 1. The largest absolute Gasteiger partial charge is 0.332 e. The summed E-state index contributed by atoms with van der Waals surface area (Å²) < 4.78 is 3.81. The molecule has 0 spiro atoms. The van der Waals surface area contributed by atoms with E-state index in [1.54, 1.807) is 13.2 Å². The van der Waals surface area contributed by atoms with Gasteiger partial charge in [-0.1, -0.05) is 30.3 Å². The second kappa shape index (κ2) is 5.31. The van der Waals surface area contributed by atoms with E-state index in [1.807, 2.05) is 36.4 Å². The predicted octanol–water partition coefficient (Wildman–Crippen LogP) is 1.71. The summed E-state index contributed by atoms with van der Waals surface area (Å²) in [6.45, 7) is 0. The number of aromatic nitrogens is 4. The topological polar surface area (TPSA) is 61.8 Å². The van der Waals surface area contributed by atoms with Crippen LogP contribution in [0, 0.1) is 0 Å². The van der Waals surface area contributed by atoms with Gasteiger partial charge in [-0.3, -0.25) is 18.5 Å². The van der Waals surface area contributed by atoms with Gasteiger partial charge in [0.05, 0.1) is 0 Å². The van der Waals surface area contributed by atoms with Crippen molar-refractivity contribution in [1.82, 2.24) is 18.7 Å². The molecule has 0 radical (unpaired) electrons. The van der Waals surface area contributed by atoms with Crippen molar-refractivity contribution in [2.24, 2.45) is 14.1 Å². The normalized spacial score (nSPS) is 11.6. The van der Waals surface area contributed by atoms with Crippen molar-refractivity contribution in [3.8, 4) is 0 Å². The minimum Gasteiger partial charge on any atom is -0.284 e. The molecule has 0 aliphatic rings. The van der Waals surface area contributed by atoms with Crippen LogP contribution in [0.5, 0.6) is 0 Å². The Morgan fingerprint density at radius 1 is 1.09 bits per heavy atom. The molecule has 0 saturated heterocycles. The summed E-state index contributed by atoms with van der Waals surface area (Å²) in [7, 11) is 2.98. The van der Waals surface area contributed by atoms with Crippen LogP contribution in [0.25, 0.3) is 23.4 Å². The van der Waals surface area contributed by atoms with Crippen LogP contribution >= 0.6 is 11.6 Å². The fourth-order valence-electron chi connectivity index (χ4n) is 2.25. The molecule has 0 atom stereocenters. The number of fused-ring (bicyclic) bond motifs is 1. The van der Waals surface area contributed by atoms with Crippen LogP contribution in [0.2, 0.25) is 5.28 Å². The van der Waals surface area contributed by atoms with Crippen LogP contribution in [0.1, 0.15) is 5.56 Å². The lowest BCUT2D eigenvalue weighted by atomic mass is 10.2. The van der Waals surface area contributed by atoms with E-state index in [1.165, 1.54) is 16.2 Å². The monoisotopic (exact) mass is 316 g/mol. The number of nitrogens with zero attached hydrogens (tertiary/aromatic N) is 4. The maximum Gasteiger partial charge on any atom is 0.332 e. The molecule has 0 aliphatic carbocycles. The first kappa shape index (κ1) is 14.3. The number of halogens is 1. The predicted molar refractivity (Wildman–Crippen MR) is 86.9 cm³/mol. The van der Waals surface area contributed by atoms with Gasteiger partial charge >= 0.3 is 5.69 Å². The highest BCUT2D eigenvalue weighted by Gasteiger charge is 2.16. The fourth-order valence-corrected chi connectivity index (χ4v) is 2.47. The SMILES string of the molecule is Cn1c(=O)c2c(nc(Cl)n2C=Cc2ccccc2)n(C)c1=O. The third-order valence-corrected chi connectivity index (χ3v) is 3.73. The summed E-state index contributed by atoms with van der Waals surface area (Å²) >= 11 is 6.12. The lowest BCUT2D eigenvalue weighted by molar-refractivity contribution is 0.708. The Bertz CT molecular complexity index is 996. The lowest BCUT2D eigenvalue weighted by Crippen LogP contribution is -2.37. The molecule has 0 amide bonds. The lowest BCUT2D eigenvalue weighted by Gasteiger charge is -2.03. The molecule has 0 unspecified atom stereocenters. The third-order valence-electron chi connectivity index (χ3n) is 3.46. The Labute approximate surface area is 130 Å². The minimum atomic E-state index is -0.439. The van der Waals surface area contributed by atoms with E-state index >= 15 is 0 Å². The molecule has 0 bridgehead atoms. The molecule has 6 nitrogen and oxygen atoms in total. The highest BCUT2D eigenvalue weighted by Crippen LogP contribution is 2.16. The van der Waals surface area contributed by atoms with Crippen LogP contribution in [-0.2, 0) is 14.1 Å². The first-order chi connectivity index (χ1) is 10.5. The van der Waals surface area contributed by atoms with Crippen LogP contribution in [0.15, 0.2) is 39.9 Å². The van der Waals surface area contributed by atoms with Crippen molar-refractivity contribution in [3.05, 3.63) is 62.0 Å². The summed E-state index contributed by atoms with van der Waals surface area (Å²) in [6.07, 6.45) is 3.48. The van der Waals surface area contributed by atoms with Crippen molar-refractivity contribution in [3.63, 3.8) is 0 Å². The quantitative estimate of drug-likeness (QED) is 0.676. The standard InChI is InChI=1S/C15H13ClN4O2/c1-18-12-11(13(21)19(2)15(18)22)20(14(16)17-12)9-8-10-6-4-3-5-7-10/h3-9H,1-2H3. The molecule has 3 aromatic rings. The van der Waals surface area contributed by atoms with Gasteiger partial charge in [0.25, 0.3) is 5.56 Å². The summed E-state index contributed by atoms with van der Waals surface area (Å²) in [5.41, 5.74) is 0.612. The zero-order valence-corrected chi connectivity index (χ0v) is 12.8. The van der Waals surface area contributed by atoms with Gasteiger partial charge in [0.2, 0.25) is 5.28 Å². The second-order valence-electron chi connectivity index (χ2n) is 4.86. The Morgan fingerprint density at radius 3 is 2.45 bits per heavy atom. The summed E-state index contributed by atoms with van der Waals surface area (Å²) in [5.74, 6) is 0. The molecule has 3 rings (SSSR count). The van der Waals surface area contributed by atoms with E-state index in [9.17, 15) is 9.59 Å². The molecule has 0 aliphatic heterocycles. The first-order valence-corrected chi connectivity index (χ1v) is 6.95. The van der Waals surface area contributed by atoms with E-state index in [0.29, 0.717) is 0 Å². The fraction of sp³-hybridized carbons (Fsp3) is 0.133. The van der Waals surface area contributed by atoms with Gasteiger partial charge in [-0.25, -0.2) is 4.79 Å². The molecule has 0 N–H and O–H groups in total. The number of rotatable bonds is 2. The van der Waals surface area contributed by atoms with Crippen molar-refractivity contribution >= 4 is 35.0 Å². The van der Waals surface area contributed by atoms with Crippen molar-refractivity contribution in [1.29, 1.82) is 0 Å². The number of benzene rings is 1. The van der Waals surface area contributed by atoms with E-state index in [4.69, 9.17) is 11.6 Å². The summed E-state index contributed by atoms with van der Waals surface area (Å²) in [6, 6.07) is 9.60. The smallest absolute Gasteiger partial charge is 0.284 e. The second-order valence-corrected chi connectivity index (χ2v) is 5.19. The van der Waals surface area contributed by atoms with Gasteiger partial charge in [0.15, 0.2) is 11.2 Å². The Kier molecular flexibility index (Phi) is 3.46. The van der Waals surface area contributed by atoms with Crippen LogP contribution in [0.3, 0.4) is 0 Å². The van der Waals surface area contributed by atoms with Gasteiger partial charge < -0.3 is 0 Å². The van der Waals surface area contributed by atoms with Crippen LogP contribution in [0.4, 0.5) is 0 Å². The average molecular weight is 317 g/mol. The highest BCUT2D eigenvalue weighted by molar-refractivity contribution is 6.29. The summed E-state index contributed by atoms with van der Waals surface area (Å²) in [4.78, 5) is 28.4. The minimum absolute atomic E-state index is 0.125. The molecule has 2 aromatic heterocycles.